The first-order valence-corrected chi connectivity index (χ1v) is 13.6. The number of aromatic nitrogens is 1. The first-order valence-electron chi connectivity index (χ1n) is 13.6. The van der Waals surface area contributed by atoms with Crippen LogP contribution in [0.25, 0.3) is 11.3 Å². The van der Waals surface area contributed by atoms with Crippen LogP contribution < -0.4 is 26.8 Å². The number of Topliss-reactive ketones (excluding diaryl/α,β-unsaturated/α-hetero) is 1. The highest BCUT2D eigenvalue weighted by Crippen LogP contribution is 2.21. The van der Waals surface area contributed by atoms with Crippen molar-refractivity contribution in [3.63, 3.8) is 0 Å². The van der Waals surface area contributed by atoms with Crippen LogP contribution in [0.3, 0.4) is 0 Å². The maximum atomic E-state index is 13.0. The van der Waals surface area contributed by atoms with E-state index in [4.69, 9.17) is 4.74 Å². The number of hydrogen-bond acceptors (Lipinski definition) is 7. The Kier molecular flexibility index (Phi) is 8.89. The van der Waals surface area contributed by atoms with E-state index in [-0.39, 0.29) is 30.5 Å². The fraction of sp³-hybridized carbons (Fsp3) is 0.448. The number of pyridine rings is 1. The number of nitrogens with one attached hydrogen (secondary N) is 5. The SMILES string of the molecule is CC(C)(C)OC(=O)Nc1ccc(-c2cccc(CC(=O)N[C@@H](C[C@@H]3CCNC3=O)C(=O)C(=O)NC3CC3)c2)[nH]c1=O. The highest BCUT2D eigenvalue weighted by molar-refractivity contribution is 6.38. The van der Waals surface area contributed by atoms with E-state index in [1.54, 1.807) is 51.1 Å². The normalized spacial score (nSPS) is 17.2. The van der Waals surface area contributed by atoms with Gasteiger partial charge in [0.05, 0.1) is 12.5 Å². The summed E-state index contributed by atoms with van der Waals surface area (Å²) in [6.07, 6.45) is 1.34. The van der Waals surface area contributed by atoms with Gasteiger partial charge in [-0.2, -0.15) is 0 Å². The van der Waals surface area contributed by atoms with Crippen molar-refractivity contribution in [1.82, 2.24) is 20.9 Å². The molecule has 4 rings (SSSR count). The molecule has 4 amide bonds. The second kappa shape index (κ2) is 12.4. The van der Waals surface area contributed by atoms with Crippen molar-refractivity contribution in [2.45, 2.75) is 70.6 Å². The number of carbonyl (C=O) groups excluding carboxylic acids is 5. The third kappa shape index (κ3) is 8.50. The van der Waals surface area contributed by atoms with Crippen molar-refractivity contribution in [3.05, 3.63) is 52.3 Å². The molecule has 1 aliphatic carbocycles. The summed E-state index contributed by atoms with van der Waals surface area (Å²) in [5, 5.41) is 10.4. The van der Waals surface area contributed by atoms with Gasteiger partial charge in [0, 0.05) is 24.2 Å². The van der Waals surface area contributed by atoms with E-state index in [0.29, 0.717) is 29.8 Å². The van der Waals surface area contributed by atoms with Gasteiger partial charge >= 0.3 is 6.09 Å². The lowest BCUT2D eigenvalue weighted by molar-refractivity contribution is -0.140. The molecule has 1 aliphatic heterocycles. The maximum Gasteiger partial charge on any atom is 0.412 e. The van der Waals surface area contributed by atoms with Gasteiger partial charge in [-0.25, -0.2) is 4.79 Å². The van der Waals surface area contributed by atoms with Crippen molar-refractivity contribution in [3.8, 4) is 11.3 Å². The molecule has 1 saturated heterocycles. The number of ketones is 1. The van der Waals surface area contributed by atoms with Crippen LogP contribution in [0, 0.1) is 5.92 Å². The van der Waals surface area contributed by atoms with Crippen molar-refractivity contribution in [2.24, 2.45) is 5.92 Å². The van der Waals surface area contributed by atoms with Crippen LogP contribution in [0.4, 0.5) is 10.5 Å². The minimum absolute atomic E-state index is 0.0195. The molecule has 12 heteroatoms. The summed E-state index contributed by atoms with van der Waals surface area (Å²) in [4.78, 5) is 77.7. The molecule has 1 aromatic carbocycles. The standard InChI is InChI=1S/C29H35N5O7/c1-29(2,3)41-28(40)34-21-10-9-20(33-26(21)38)17-6-4-5-16(13-17)14-23(35)32-22(15-18-11-12-30-25(18)37)24(36)27(39)31-19-7-8-19/h4-6,9-10,13,18-19,22H,7-8,11-12,14-15H2,1-3H3,(H,30,37)(H,31,39)(H,32,35)(H,33,38)(H,34,40)/t18-,22-/m0/s1. The molecule has 0 unspecified atom stereocenters. The molecule has 0 bridgehead atoms. The molecule has 0 spiro atoms. The highest BCUT2D eigenvalue weighted by atomic mass is 16.6. The second-order valence-corrected chi connectivity index (χ2v) is 11.4. The average molecular weight is 566 g/mol. The minimum atomic E-state index is -1.13. The van der Waals surface area contributed by atoms with Gasteiger partial charge in [0.15, 0.2) is 0 Å². The molecular weight excluding hydrogens is 530 g/mol. The molecule has 41 heavy (non-hydrogen) atoms. The zero-order valence-corrected chi connectivity index (χ0v) is 23.3. The number of amides is 4. The lowest BCUT2D eigenvalue weighted by Crippen LogP contribution is -2.49. The lowest BCUT2D eigenvalue weighted by Gasteiger charge is -2.20. The van der Waals surface area contributed by atoms with Gasteiger partial charge in [0.25, 0.3) is 11.5 Å². The Balaban J connectivity index is 1.42. The van der Waals surface area contributed by atoms with E-state index in [1.807, 2.05) is 0 Å². The Hall–Kier alpha value is -4.48. The molecule has 2 aromatic rings. The van der Waals surface area contributed by atoms with E-state index in [9.17, 15) is 28.8 Å². The number of H-pyrrole nitrogens is 1. The van der Waals surface area contributed by atoms with Crippen LogP contribution in [-0.4, -0.2) is 58.8 Å². The van der Waals surface area contributed by atoms with E-state index in [1.165, 1.54) is 6.07 Å². The molecule has 2 heterocycles. The molecule has 1 saturated carbocycles. The summed E-state index contributed by atoms with van der Waals surface area (Å²) in [6, 6.07) is 8.84. The topological polar surface area (TPSA) is 176 Å². The van der Waals surface area contributed by atoms with Gasteiger partial charge in [0.2, 0.25) is 17.6 Å². The number of aromatic amines is 1. The van der Waals surface area contributed by atoms with Crippen molar-refractivity contribution < 1.29 is 28.7 Å². The summed E-state index contributed by atoms with van der Waals surface area (Å²) in [5.41, 5.74) is 0.461. The maximum absolute atomic E-state index is 13.0. The predicted octanol–water partition coefficient (Wildman–Crippen LogP) is 1.79. The average Bonchev–Trinajstić information content (AvgIpc) is 3.62. The first kappa shape index (κ1) is 29.5. The van der Waals surface area contributed by atoms with Gasteiger partial charge < -0.3 is 25.7 Å². The number of benzene rings is 1. The molecule has 2 atom stereocenters. The molecule has 12 nitrogen and oxygen atoms in total. The van der Waals surface area contributed by atoms with Crippen LogP contribution >= 0.6 is 0 Å². The molecule has 2 fully saturated rings. The van der Waals surface area contributed by atoms with Gasteiger partial charge in [-0.05, 0) is 75.8 Å². The monoisotopic (exact) mass is 565 g/mol. The number of anilines is 1. The second-order valence-electron chi connectivity index (χ2n) is 11.4. The van der Waals surface area contributed by atoms with Crippen LogP contribution in [0.1, 0.15) is 52.0 Å². The zero-order valence-electron chi connectivity index (χ0n) is 23.3. The third-order valence-corrected chi connectivity index (χ3v) is 6.62. The first-order chi connectivity index (χ1) is 19.4. The van der Waals surface area contributed by atoms with Crippen LogP contribution in [-0.2, 0) is 30.3 Å². The largest absolute Gasteiger partial charge is 0.444 e. The van der Waals surface area contributed by atoms with Crippen LogP contribution in [0.15, 0.2) is 41.2 Å². The summed E-state index contributed by atoms with van der Waals surface area (Å²) in [6.45, 7) is 5.63. The zero-order chi connectivity index (χ0) is 29.7. The number of ether oxygens (including phenoxy) is 1. The van der Waals surface area contributed by atoms with E-state index in [0.717, 1.165) is 12.8 Å². The van der Waals surface area contributed by atoms with Crippen LogP contribution in [0.2, 0.25) is 0 Å². The van der Waals surface area contributed by atoms with Crippen molar-refractivity contribution >= 4 is 35.3 Å². The molecule has 5 N–H and O–H groups in total. The Morgan fingerprint density at radius 3 is 2.44 bits per heavy atom. The number of hydrogen-bond donors (Lipinski definition) is 5. The molecule has 218 valence electrons. The van der Waals surface area contributed by atoms with Gasteiger partial charge in [-0.1, -0.05) is 18.2 Å². The van der Waals surface area contributed by atoms with Crippen molar-refractivity contribution in [1.29, 1.82) is 0 Å². The molecular formula is C29H35N5O7. The Labute approximate surface area is 237 Å². The fourth-order valence-corrected chi connectivity index (χ4v) is 4.46. The van der Waals surface area contributed by atoms with E-state index in [2.05, 4.69) is 26.3 Å². The van der Waals surface area contributed by atoms with Gasteiger partial charge in [0.1, 0.15) is 11.3 Å². The predicted molar refractivity (Wildman–Crippen MR) is 150 cm³/mol. The Morgan fingerprint density at radius 1 is 1.05 bits per heavy atom. The Bertz CT molecular complexity index is 1410. The molecule has 0 radical (unpaired) electrons. The lowest BCUT2D eigenvalue weighted by atomic mass is 9.95. The van der Waals surface area contributed by atoms with Gasteiger partial charge in [-0.15, -0.1) is 0 Å². The highest BCUT2D eigenvalue weighted by Gasteiger charge is 2.35. The number of carbonyl (C=O) groups is 5. The Morgan fingerprint density at radius 2 is 1.80 bits per heavy atom. The quantitative estimate of drug-likeness (QED) is 0.273. The summed E-state index contributed by atoms with van der Waals surface area (Å²) in [5.74, 6) is -2.67. The fourth-order valence-electron chi connectivity index (χ4n) is 4.46. The summed E-state index contributed by atoms with van der Waals surface area (Å²) >= 11 is 0. The number of rotatable bonds is 10. The minimum Gasteiger partial charge on any atom is -0.444 e. The molecule has 2 aliphatic rings. The summed E-state index contributed by atoms with van der Waals surface area (Å²) < 4.78 is 5.18. The molecule has 1 aromatic heterocycles. The van der Waals surface area contributed by atoms with Crippen molar-refractivity contribution in [2.75, 3.05) is 11.9 Å². The van der Waals surface area contributed by atoms with Crippen LogP contribution in [0.5, 0.6) is 0 Å². The van der Waals surface area contributed by atoms with E-state index < -0.39 is 46.8 Å². The summed E-state index contributed by atoms with van der Waals surface area (Å²) in [7, 11) is 0. The van der Waals surface area contributed by atoms with E-state index >= 15 is 0 Å². The van der Waals surface area contributed by atoms with Gasteiger partial charge in [-0.3, -0.25) is 29.3 Å². The third-order valence-electron chi connectivity index (χ3n) is 6.62. The smallest absolute Gasteiger partial charge is 0.412 e.